The van der Waals surface area contributed by atoms with E-state index in [9.17, 15) is 4.79 Å². The van der Waals surface area contributed by atoms with Crippen LogP contribution in [0.15, 0.2) is 73.1 Å². The number of aliphatic hydroxyl groups excluding tert-OH is 1. The minimum absolute atomic E-state index is 0.112. The summed E-state index contributed by atoms with van der Waals surface area (Å²) in [5.74, 6) is 0.367. The molecule has 0 spiro atoms. The van der Waals surface area contributed by atoms with Crippen LogP contribution in [0.3, 0.4) is 0 Å². The van der Waals surface area contributed by atoms with E-state index in [1.807, 2.05) is 50.4 Å². The number of fused-ring (bicyclic) bond motifs is 1. The van der Waals surface area contributed by atoms with E-state index in [4.69, 9.17) is 5.11 Å². The molecule has 0 aliphatic rings. The van der Waals surface area contributed by atoms with E-state index < -0.39 is 0 Å². The number of nitrogens with zero attached hydrogens (tertiary/aromatic N) is 1. The Morgan fingerprint density at radius 1 is 1.00 bits per heavy atom. The first-order valence-corrected chi connectivity index (χ1v) is 11.8. The van der Waals surface area contributed by atoms with Crippen molar-refractivity contribution in [1.82, 2.24) is 9.97 Å². The van der Waals surface area contributed by atoms with E-state index in [-0.39, 0.29) is 11.7 Å². The summed E-state index contributed by atoms with van der Waals surface area (Å²) in [7, 11) is 2.91. The fourth-order valence-corrected chi connectivity index (χ4v) is 3.70. The summed E-state index contributed by atoms with van der Waals surface area (Å²) in [4.78, 5) is 19.6. The predicted molar refractivity (Wildman–Crippen MR) is 143 cm³/mol. The largest absolute Gasteiger partial charge is 0.400 e. The molecule has 1 unspecified atom stereocenters. The fraction of sp³-hybridized carbons (Fsp3) is 0.310. The number of anilines is 1. The van der Waals surface area contributed by atoms with Crippen molar-refractivity contribution in [1.29, 1.82) is 0 Å². The number of benzene rings is 3. The second-order valence-corrected chi connectivity index (χ2v) is 8.19. The molecule has 0 aliphatic heterocycles. The SMILES string of the molecule is CCCCC(C)C(=O)c1ccc(-c2ccc(NC)cc2)cc1.CO.Cc1cccc2[nH]cnc12. The molecule has 5 heteroatoms. The van der Waals surface area contributed by atoms with E-state index in [0.717, 1.165) is 59.8 Å². The molecule has 0 saturated heterocycles. The van der Waals surface area contributed by atoms with Crippen molar-refractivity contribution in [2.75, 3.05) is 19.5 Å². The van der Waals surface area contributed by atoms with Gasteiger partial charge in [0.25, 0.3) is 0 Å². The highest BCUT2D eigenvalue weighted by Crippen LogP contribution is 2.23. The van der Waals surface area contributed by atoms with Crippen LogP contribution in [0, 0.1) is 12.8 Å². The molecule has 0 fully saturated rings. The van der Waals surface area contributed by atoms with Crippen LogP contribution in [0.1, 0.15) is 49.0 Å². The van der Waals surface area contributed by atoms with Gasteiger partial charge in [-0.05, 0) is 48.2 Å². The van der Waals surface area contributed by atoms with Crippen molar-refractivity contribution < 1.29 is 9.90 Å². The third-order valence-corrected chi connectivity index (χ3v) is 5.77. The minimum atomic E-state index is 0.112. The normalized spacial score (nSPS) is 11.0. The number of H-pyrrole nitrogens is 1. The highest BCUT2D eigenvalue weighted by atomic mass is 16.2. The topological polar surface area (TPSA) is 78.0 Å². The molecular weight excluding hydrogens is 422 g/mol. The molecule has 1 heterocycles. The molecule has 1 aromatic heterocycles. The monoisotopic (exact) mass is 459 g/mol. The number of aliphatic hydroxyl groups is 1. The molecule has 34 heavy (non-hydrogen) atoms. The molecule has 0 amide bonds. The lowest BCUT2D eigenvalue weighted by Crippen LogP contribution is -2.11. The molecule has 180 valence electrons. The predicted octanol–water partition coefficient (Wildman–Crippen LogP) is 6.88. The van der Waals surface area contributed by atoms with E-state index in [1.54, 1.807) is 6.33 Å². The first-order chi connectivity index (χ1) is 16.5. The fourth-order valence-electron chi connectivity index (χ4n) is 3.70. The second-order valence-electron chi connectivity index (χ2n) is 8.19. The van der Waals surface area contributed by atoms with Crippen LogP contribution in [0.4, 0.5) is 5.69 Å². The van der Waals surface area contributed by atoms with Gasteiger partial charge in [0.15, 0.2) is 5.78 Å². The van der Waals surface area contributed by atoms with Crippen LogP contribution in [-0.4, -0.2) is 35.0 Å². The van der Waals surface area contributed by atoms with Crippen LogP contribution >= 0.6 is 0 Å². The van der Waals surface area contributed by atoms with Crippen LogP contribution < -0.4 is 5.32 Å². The van der Waals surface area contributed by atoms with E-state index in [0.29, 0.717) is 0 Å². The van der Waals surface area contributed by atoms with Crippen molar-refractivity contribution in [2.24, 2.45) is 5.92 Å². The van der Waals surface area contributed by atoms with Crippen molar-refractivity contribution >= 4 is 22.5 Å². The van der Waals surface area contributed by atoms with Crippen LogP contribution in [0.25, 0.3) is 22.2 Å². The van der Waals surface area contributed by atoms with Crippen molar-refractivity contribution in [3.63, 3.8) is 0 Å². The van der Waals surface area contributed by atoms with Crippen molar-refractivity contribution in [2.45, 2.75) is 40.0 Å². The molecule has 0 aliphatic carbocycles. The van der Waals surface area contributed by atoms with Gasteiger partial charge in [-0.1, -0.05) is 75.2 Å². The summed E-state index contributed by atoms with van der Waals surface area (Å²) in [6.45, 7) is 6.25. The number of nitrogens with one attached hydrogen (secondary N) is 2. The summed E-state index contributed by atoms with van der Waals surface area (Å²) in [6, 6.07) is 22.4. The average molecular weight is 460 g/mol. The lowest BCUT2D eigenvalue weighted by atomic mass is 9.93. The number of carbonyl (C=O) groups excluding carboxylic acids is 1. The Labute approximate surface area is 203 Å². The van der Waals surface area contributed by atoms with E-state index in [1.165, 1.54) is 5.56 Å². The zero-order valence-corrected chi connectivity index (χ0v) is 20.9. The molecule has 3 aromatic carbocycles. The first-order valence-electron chi connectivity index (χ1n) is 11.8. The van der Waals surface area contributed by atoms with Gasteiger partial charge < -0.3 is 15.4 Å². The lowest BCUT2D eigenvalue weighted by molar-refractivity contribution is 0.0922. The minimum Gasteiger partial charge on any atom is -0.400 e. The third kappa shape index (κ3) is 7.29. The zero-order valence-electron chi connectivity index (χ0n) is 20.9. The number of aromatic nitrogens is 2. The Morgan fingerprint density at radius 3 is 2.18 bits per heavy atom. The highest BCUT2D eigenvalue weighted by molar-refractivity contribution is 5.98. The molecule has 0 radical (unpaired) electrons. The number of carbonyl (C=O) groups is 1. The van der Waals surface area contributed by atoms with Gasteiger partial charge in [-0.3, -0.25) is 4.79 Å². The van der Waals surface area contributed by atoms with Crippen molar-refractivity contribution in [3.8, 4) is 11.1 Å². The molecule has 0 bridgehead atoms. The Morgan fingerprint density at radius 2 is 1.62 bits per heavy atom. The smallest absolute Gasteiger partial charge is 0.165 e. The molecule has 1 atom stereocenters. The second kappa shape index (κ2) is 14.0. The van der Waals surface area contributed by atoms with Gasteiger partial charge in [-0.2, -0.15) is 0 Å². The molecule has 4 rings (SSSR count). The number of ketones is 1. The van der Waals surface area contributed by atoms with Crippen LogP contribution in [-0.2, 0) is 0 Å². The summed E-state index contributed by atoms with van der Waals surface area (Å²) in [5.41, 5.74) is 7.62. The Hall–Kier alpha value is -3.44. The maximum Gasteiger partial charge on any atom is 0.165 e. The van der Waals surface area contributed by atoms with E-state index in [2.05, 4.69) is 59.5 Å². The van der Waals surface area contributed by atoms with E-state index >= 15 is 0 Å². The zero-order chi connectivity index (χ0) is 24.9. The lowest BCUT2D eigenvalue weighted by Gasteiger charge is -2.10. The molecular formula is C29H37N3O2. The number of hydrogen-bond donors (Lipinski definition) is 3. The first kappa shape index (κ1) is 26.8. The Kier molecular flexibility index (Phi) is 11.0. The molecule has 5 nitrogen and oxygen atoms in total. The Bertz CT molecular complexity index is 1130. The van der Waals surface area contributed by atoms with Gasteiger partial charge in [0.1, 0.15) is 0 Å². The number of rotatable bonds is 7. The highest BCUT2D eigenvalue weighted by Gasteiger charge is 2.14. The van der Waals surface area contributed by atoms with Gasteiger partial charge in [0, 0.05) is 31.3 Å². The summed E-state index contributed by atoms with van der Waals surface area (Å²) in [5, 5.41) is 10.1. The summed E-state index contributed by atoms with van der Waals surface area (Å²) in [6.07, 6.45) is 4.95. The van der Waals surface area contributed by atoms with Crippen LogP contribution in [0.5, 0.6) is 0 Å². The number of Topliss-reactive ketones (excluding diaryl/α,β-unsaturated/α-hetero) is 1. The summed E-state index contributed by atoms with van der Waals surface area (Å²) >= 11 is 0. The van der Waals surface area contributed by atoms with Gasteiger partial charge in [0.2, 0.25) is 0 Å². The van der Waals surface area contributed by atoms with Gasteiger partial charge >= 0.3 is 0 Å². The summed E-state index contributed by atoms with van der Waals surface area (Å²) < 4.78 is 0. The molecule has 3 N–H and O–H groups in total. The third-order valence-electron chi connectivity index (χ3n) is 5.77. The van der Waals surface area contributed by atoms with Gasteiger partial charge in [-0.25, -0.2) is 4.98 Å². The van der Waals surface area contributed by atoms with Gasteiger partial charge in [-0.15, -0.1) is 0 Å². The molecule has 0 saturated carbocycles. The Balaban J connectivity index is 0.000000281. The number of aryl methyl sites for hydroxylation is 1. The number of aromatic amines is 1. The van der Waals surface area contributed by atoms with Gasteiger partial charge in [0.05, 0.1) is 17.4 Å². The number of unbranched alkanes of at least 4 members (excludes halogenated alkanes) is 1. The number of imidazole rings is 1. The number of para-hydroxylation sites is 1. The maximum atomic E-state index is 12.4. The standard InChI is InChI=1S/C20H25NO.C8H8N2.CH4O/c1-4-5-6-15(2)20(22)18-9-7-16(8-10-18)17-11-13-19(21-3)14-12-17;1-6-3-2-4-7-8(6)10-5-9-7;1-2/h7-15,21H,4-6H2,1-3H3;2-5H,1H3,(H,9,10);2H,1H3. The van der Waals surface area contributed by atoms with Crippen molar-refractivity contribution in [3.05, 3.63) is 84.2 Å². The quantitative estimate of drug-likeness (QED) is 0.263. The average Bonchev–Trinajstić information content (AvgIpc) is 3.39. The number of hydrogen-bond acceptors (Lipinski definition) is 4. The van der Waals surface area contributed by atoms with Crippen LogP contribution in [0.2, 0.25) is 0 Å². The maximum absolute atomic E-state index is 12.4. The molecule has 4 aromatic rings.